The Bertz CT molecular complexity index is 577. The minimum Gasteiger partial charge on any atom is -0.399 e. The van der Waals surface area contributed by atoms with E-state index in [-0.39, 0.29) is 12.5 Å². The van der Waals surface area contributed by atoms with Crippen LogP contribution >= 0.6 is 0 Å². The number of nitrogens with two attached hydrogens (primary N) is 2. The molecule has 0 fully saturated rings. The van der Waals surface area contributed by atoms with Crippen molar-refractivity contribution in [2.24, 2.45) is 7.05 Å². The van der Waals surface area contributed by atoms with E-state index in [1.807, 2.05) is 0 Å². The van der Waals surface area contributed by atoms with Gasteiger partial charge in [-0.2, -0.15) is 5.10 Å². The van der Waals surface area contributed by atoms with Gasteiger partial charge in [0.25, 0.3) is 5.91 Å². The van der Waals surface area contributed by atoms with Crippen molar-refractivity contribution in [3.05, 3.63) is 35.9 Å². The second-order valence-electron chi connectivity index (χ2n) is 3.86. The number of anilines is 2. The number of nitrogens with one attached hydrogen (secondary N) is 1. The molecule has 0 spiro atoms. The first-order valence-corrected chi connectivity index (χ1v) is 5.34. The van der Waals surface area contributed by atoms with Crippen molar-refractivity contribution in [2.45, 2.75) is 6.54 Å². The minimum absolute atomic E-state index is 0.253. The molecule has 0 aliphatic rings. The third-order valence-electron chi connectivity index (χ3n) is 2.37. The molecule has 7 nitrogen and oxygen atoms in total. The maximum Gasteiger partial charge on any atom is 0.253 e. The van der Waals surface area contributed by atoms with Crippen LogP contribution < -0.4 is 16.8 Å². The lowest BCUT2D eigenvalue weighted by Gasteiger charge is -2.06. The normalized spacial score (nSPS) is 10.3. The molecule has 0 aliphatic carbocycles. The van der Waals surface area contributed by atoms with Crippen molar-refractivity contribution in [1.29, 1.82) is 0 Å². The topological polar surface area (TPSA) is 112 Å². The van der Waals surface area contributed by atoms with Crippen molar-refractivity contribution in [2.75, 3.05) is 11.5 Å². The van der Waals surface area contributed by atoms with Gasteiger partial charge in [0.2, 0.25) is 0 Å². The number of hydrogen-bond donors (Lipinski definition) is 3. The van der Waals surface area contributed by atoms with Gasteiger partial charge in [-0.05, 0) is 18.2 Å². The fraction of sp³-hybridized carbons (Fsp3) is 0.182. The van der Waals surface area contributed by atoms with Crippen LogP contribution in [-0.2, 0) is 13.6 Å². The van der Waals surface area contributed by atoms with Crippen molar-refractivity contribution >= 4 is 17.3 Å². The highest BCUT2D eigenvalue weighted by molar-refractivity contribution is 5.99. The lowest BCUT2D eigenvalue weighted by atomic mass is 10.1. The molecule has 18 heavy (non-hydrogen) atoms. The average molecular weight is 246 g/mol. The van der Waals surface area contributed by atoms with E-state index in [4.69, 9.17) is 11.5 Å². The van der Waals surface area contributed by atoms with Crippen LogP contribution in [0.3, 0.4) is 0 Å². The van der Waals surface area contributed by atoms with E-state index in [9.17, 15) is 4.79 Å². The van der Waals surface area contributed by atoms with Crippen LogP contribution in [0.15, 0.2) is 24.5 Å². The smallest absolute Gasteiger partial charge is 0.253 e. The van der Waals surface area contributed by atoms with E-state index in [0.717, 1.165) is 0 Å². The Morgan fingerprint density at radius 2 is 2.22 bits per heavy atom. The fourth-order valence-electron chi connectivity index (χ4n) is 1.51. The molecule has 0 radical (unpaired) electrons. The van der Waals surface area contributed by atoms with Gasteiger partial charge in [0.15, 0.2) is 5.82 Å². The molecule has 0 bridgehead atoms. The Balaban J connectivity index is 2.03. The van der Waals surface area contributed by atoms with Crippen molar-refractivity contribution in [1.82, 2.24) is 20.1 Å². The van der Waals surface area contributed by atoms with Gasteiger partial charge in [0.1, 0.15) is 6.33 Å². The van der Waals surface area contributed by atoms with Crippen LogP contribution in [-0.4, -0.2) is 20.7 Å². The standard InChI is InChI=1S/C11H14N6O/c1-17-6-15-10(16-17)5-14-11(18)8-3-2-7(12)4-9(8)13/h2-4,6H,5,12-13H2,1H3,(H,14,18). The fourth-order valence-corrected chi connectivity index (χ4v) is 1.51. The van der Waals surface area contributed by atoms with Crippen LogP contribution in [0.4, 0.5) is 11.4 Å². The summed E-state index contributed by atoms with van der Waals surface area (Å²) in [6, 6.07) is 4.77. The number of rotatable bonds is 3. The number of hydrogen-bond acceptors (Lipinski definition) is 5. The van der Waals surface area contributed by atoms with Crippen molar-refractivity contribution in [3.63, 3.8) is 0 Å². The van der Waals surface area contributed by atoms with Crippen LogP contribution in [0.5, 0.6) is 0 Å². The van der Waals surface area contributed by atoms with Gasteiger partial charge >= 0.3 is 0 Å². The number of carbonyl (C=O) groups is 1. The molecule has 94 valence electrons. The lowest BCUT2D eigenvalue weighted by molar-refractivity contribution is 0.0951. The maximum atomic E-state index is 11.9. The van der Waals surface area contributed by atoms with E-state index in [1.54, 1.807) is 36.3 Å². The average Bonchev–Trinajstić information content (AvgIpc) is 2.72. The summed E-state index contributed by atoms with van der Waals surface area (Å²) >= 11 is 0. The van der Waals surface area contributed by atoms with Crippen LogP contribution in [0, 0.1) is 0 Å². The zero-order valence-electron chi connectivity index (χ0n) is 9.92. The number of aryl methyl sites for hydroxylation is 1. The number of nitrogens with zero attached hydrogens (tertiary/aromatic N) is 3. The first-order valence-electron chi connectivity index (χ1n) is 5.34. The summed E-state index contributed by atoms with van der Waals surface area (Å²) < 4.78 is 1.57. The van der Waals surface area contributed by atoms with Gasteiger partial charge in [0, 0.05) is 18.4 Å². The van der Waals surface area contributed by atoms with Gasteiger partial charge < -0.3 is 16.8 Å². The Hall–Kier alpha value is -2.57. The molecule has 0 unspecified atom stereocenters. The molecule has 1 amide bonds. The monoisotopic (exact) mass is 246 g/mol. The number of amides is 1. The molecule has 7 heteroatoms. The molecule has 1 aromatic heterocycles. The van der Waals surface area contributed by atoms with E-state index in [2.05, 4.69) is 15.4 Å². The number of benzene rings is 1. The minimum atomic E-state index is -0.278. The molecule has 0 aliphatic heterocycles. The molecule has 2 rings (SSSR count). The predicted molar refractivity (Wildman–Crippen MR) is 67.4 cm³/mol. The van der Waals surface area contributed by atoms with Gasteiger partial charge in [-0.1, -0.05) is 0 Å². The summed E-state index contributed by atoms with van der Waals surface area (Å²) in [5, 5.41) is 6.74. The van der Waals surface area contributed by atoms with E-state index in [0.29, 0.717) is 22.8 Å². The zero-order valence-corrected chi connectivity index (χ0v) is 9.92. The Morgan fingerprint density at radius 1 is 1.44 bits per heavy atom. The number of aromatic nitrogens is 3. The zero-order chi connectivity index (χ0) is 13.1. The highest BCUT2D eigenvalue weighted by atomic mass is 16.1. The second-order valence-corrected chi connectivity index (χ2v) is 3.86. The molecule has 0 saturated heterocycles. The molecule has 0 saturated carbocycles. The van der Waals surface area contributed by atoms with Crippen LogP contribution in [0.1, 0.15) is 16.2 Å². The van der Waals surface area contributed by atoms with Gasteiger partial charge in [0.05, 0.1) is 12.1 Å². The third kappa shape index (κ3) is 2.57. The first kappa shape index (κ1) is 11.9. The number of carbonyl (C=O) groups excluding carboxylic acids is 1. The molecular weight excluding hydrogens is 232 g/mol. The summed E-state index contributed by atoms with van der Waals surface area (Å²) in [7, 11) is 1.76. The van der Waals surface area contributed by atoms with Crippen molar-refractivity contribution < 1.29 is 4.79 Å². The molecular formula is C11H14N6O. The quantitative estimate of drug-likeness (QED) is 0.655. The lowest BCUT2D eigenvalue weighted by Crippen LogP contribution is -2.24. The molecule has 1 heterocycles. The van der Waals surface area contributed by atoms with Crippen LogP contribution in [0.2, 0.25) is 0 Å². The summed E-state index contributed by atoms with van der Waals surface area (Å²) in [5.41, 5.74) is 12.5. The van der Waals surface area contributed by atoms with Gasteiger partial charge in [-0.3, -0.25) is 9.48 Å². The van der Waals surface area contributed by atoms with E-state index in [1.165, 1.54) is 0 Å². The largest absolute Gasteiger partial charge is 0.399 e. The maximum absolute atomic E-state index is 11.9. The third-order valence-corrected chi connectivity index (χ3v) is 2.37. The van der Waals surface area contributed by atoms with E-state index >= 15 is 0 Å². The Morgan fingerprint density at radius 3 is 2.83 bits per heavy atom. The molecule has 5 N–H and O–H groups in total. The van der Waals surface area contributed by atoms with E-state index < -0.39 is 0 Å². The summed E-state index contributed by atoms with van der Waals surface area (Å²) in [5.74, 6) is 0.264. The first-order chi connectivity index (χ1) is 8.56. The molecule has 1 aromatic carbocycles. The molecule has 2 aromatic rings. The molecule has 0 atom stereocenters. The second kappa shape index (κ2) is 4.74. The summed E-state index contributed by atoms with van der Waals surface area (Å²) in [6.07, 6.45) is 1.57. The van der Waals surface area contributed by atoms with Gasteiger partial charge in [-0.15, -0.1) is 0 Å². The van der Waals surface area contributed by atoms with Crippen molar-refractivity contribution in [3.8, 4) is 0 Å². The summed E-state index contributed by atoms with van der Waals surface area (Å²) in [6.45, 7) is 0.253. The number of nitrogen functional groups attached to an aromatic ring is 2. The van der Waals surface area contributed by atoms with Crippen LogP contribution in [0.25, 0.3) is 0 Å². The Kier molecular flexibility index (Phi) is 3.13. The Labute approximate surface area is 104 Å². The highest BCUT2D eigenvalue weighted by Gasteiger charge is 2.10. The highest BCUT2D eigenvalue weighted by Crippen LogP contribution is 2.15. The SMILES string of the molecule is Cn1cnc(CNC(=O)c2ccc(N)cc2N)n1. The van der Waals surface area contributed by atoms with Gasteiger partial charge in [-0.25, -0.2) is 4.98 Å². The predicted octanol–water partition coefficient (Wildman–Crippen LogP) is -0.0905. The summed E-state index contributed by atoms with van der Waals surface area (Å²) in [4.78, 5) is 15.9.